The van der Waals surface area contributed by atoms with Gasteiger partial charge in [-0.05, 0) is 13.3 Å². The normalized spacial score (nSPS) is 11.9. The van der Waals surface area contributed by atoms with Crippen molar-refractivity contribution in [1.29, 1.82) is 0 Å². The van der Waals surface area contributed by atoms with Gasteiger partial charge in [0.2, 0.25) is 0 Å². The molecule has 7 nitrogen and oxygen atoms in total. The first-order chi connectivity index (χ1) is 8.95. The van der Waals surface area contributed by atoms with Crippen LogP contribution in [0.5, 0.6) is 0 Å². The third-order valence-corrected chi connectivity index (χ3v) is 2.24. The first-order valence-electron chi connectivity index (χ1n) is 5.97. The van der Waals surface area contributed by atoms with E-state index in [9.17, 15) is 14.4 Å². The highest BCUT2D eigenvalue weighted by atomic mass is 16.6. The van der Waals surface area contributed by atoms with Crippen molar-refractivity contribution in [3.05, 3.63) is 0 Å². The lowest BCUT2D eigenvalue weighted by atomic mass is 10.0. The third-order valence-electron chi connectivity index (χ3n) is 2.24. The molecule has 0 saturated heterocycles. The molecule has 0 aromatic rings. The molecule has 0 rings (SSSR count). The monoisotopic (exact) mass is 276 g/mol. The van der Waals surface area contributed by atoms with Crippen LogP contribution in [0.4, 0.5) is 0 Å². The lowest BCUT2D eigenvalue weighted by Gasteiger charge is -2.09. The van der Waals surface area contributed by atoms with Crippen LogP contribution in [0.1, 0.15) is 20.3 Å². The molecular weight excluding hydrogens is 256 g/mol. The van der Waals surface area contributed by atoms with Crippen LogP contribution in [0.25, 0.3) is 0 Å². The molecule has 110 valence electrons. The lowest BCUT2D eigenvalue weighted by molar-refractivity contribution is -0.147. The molecule has 7 heteroatoms. The number of aliphatic carboxylic acids is 1. The number of carbonyl (C=O) groups is 3. The van der Waals surface area contributed by atoms with Gasteiger partial charge in [0.1, 0.15) is 18.3 Å². The maximum Gasteiger partial charge on any atom is 0.314 e. The molecule has 0 radical (unpaired) electrons. The molecule has 0 aromatic heterocycles. The van der Waals surface area contributed by atoms with Crippen molar-refractivity contribution in [2.45, 2.75) is 20.3 Å². The molecule has 0 heterocycles. The Hall–Kier alpha value is -1.47. The predicted molar refractivity (Wildman–Crippen MR) is 64.7 cm³/mol. The topological polar surface area (TPSA) is 99.1 Å². The van der Waals surface area contributed by atoms with Crippen molar-refractivity contribution >= 4 is 17.7 Å². The summed E-state index contributed by atoms with van der Waals surface area (Å²) in [6.45, 7) is 3.84. The largest absolute Gasteiger partial charge is 0.481 e. The molecular formula is C12H20O7. The minimum atomic E-state index is -1.13. The summed E-state index contributed by atoms with van der Waals surface area (Å²) in [5.74, 6) is -2.88. The Kier molecular flexibility index (Phi) is 9.64. The molecule has 0 amide bonds. The first-order valence-corrected chi connectivity index (χ1v) is 5.97. The number of rotatable bonds is 11. The van der Waals surface area contributed by atoms with Gasteiger partial charge >= 0.3 is 11.9 Å². The quantitative estimate of drug-likeness (QED) is 0.328. The zero-order valence-corrected chi connectivity index (χ0v) is 11.2. The number of ether oxygens (including phenoxy) is 3. The van der Waals surface area contributed by atoms with Gasteiger partial charge in [-0.1, -0.05) is 0 Å². The minimum Gasteiger partial charge on any atom is -0.481 e. The van der Waals surface area contributed by atoms with Gasteiger partial charge in [0.05, 0.1) is 19.8 Å². The first kappa shape index (κ1) is 17.5. The molecule has 0 spiro atoms. The van der Waals surface area contributed by atoms with E-state index in [0.29, 0.717) is 13.2 Å². The van der Waals surface area contributed by atoms with Gasteiger partial charge in [0.25, 0.3) is 0 Å². The summed E-state index contributed by atoms with van der Waals surface area (Å²) in [6, 6.07) is 0. The maximum absolute atomic E-state index is 11.0. The zero-order valence-electron chi connectivity index (χ0n) is 11.2. The van der Waals surface area contributed by atoms with Crippen LogP contribution in [0.3, 0.4) is 0 Å². The zero-order chi connectivity index (χ0) is 14.7. The van der Waals surface area contributed by atoms with Gasteiger partial charge in [-0.3, -0.25) is 14.4 Å². The highest BCUT2D eigenvalue weighted by Gasteiger charge is 2.21. The summed E-state index contributed by atoms with van der Waals surface area (Å²) >= 11 is 0. The highest BCUT2D eigenvalue weighted by molar-refractivity contribution is 5.96. The Balaban J connectivity index is 3.42. The van der Waals surface area contributed by atoms with Crippen LogP contribution in [0.15, 0.2) is 0 Å². The van der Waals surface area contributed by atoms with Crippen molar-refractivity contribution in [3.63, 3.8) is 0 Å². The Morgan fingerprint density at radius 2 is 1.47 bits per heavy atom. The Bertz CT molecular complexity index is 286. The number of Topliss-reactive ketones (excluding diaryl/α,β-unsaturated/α-hetero) is 1. The molecule has 0 saturated carbocycles. The van der Waals surface area contributed by atoms with E-state index in [-0.39, 0.29) is 38.0 Å². The fourth-order valence-electron chi connectivity index (χ4n) is 1.27. The van der Waals surface area contributed by atoms with E-state index in [1.54, 1.807) is 0 Å². The number of carboxylic acids is 1. The van der Waals surface area contributed by atoms with Crippen molar-refractivity contribution in [1.82, 2.24) is 0 Å². The molecule has 0 aromatic carbocycles. The van der Waals surface area contributed by atoms with Gasteiger partial charge < -0.3 is 19.3 Å². The number of ketones is 1. The van der Waals surface area contributed by atoms with Crippen molar-refractivity contribution in [2.75, 3.05) is 33.0 Å². The molecule has 19 heavy (non-hydrogen) atoms. The minimum absolute atomic E-state index is 0.151. The molecule has 0 fully saturated rings. The summed E-state index contributed by atoms with van der Waals surface area (Å²) in [5.41, 5.74) is 0. The molecule has 0 aliphatic heterocycles. The Morgan fingerprint density at radius 1 is 0.947 bits per heavy atom. The van der Waals surface area contributed by atoms with Crippen LogP contribution in [-0.4, -0.2) is 55.9 Å². The van der Waals surface area contributed by atoms with E-state index in [2.05, 4.69) is 4.74 Å². The lowest BCUT2D eigenvalue weighted by Crippen LogP contribution is -2.23. The summed E-state index contributed by atoms with van der Waals surface area (Å²) in [6.07, 6.45) is 0.151. The maximum atomic E-state index is 11.0. The molecule has 1 unspecified atom stereocenters. The summed E-state index contributed by atoms with van der Waals surface area (Å²) in [7, 11) is 0. The summed E-state index contributed by atoms with van der Waals surface area (Å²) < 4.78 is 14.9. The van der Waals surface area contributed by atoms with Crippen LogP contribution >= 0.6 is 0 Å². The van der Waals surface area contributed by atoms with Crippen LogP contribution in [-0.2, 0) is 28.6 Å². The van der Waals surface area contributed by atoms with E-state index >= 15 is 0 Å². The average Bonchev–Trinajstić information content (AvgIpc) is 2.30. The second kappa shape index (κ2) is 10.5. The van der Waals surface area contributed by atoms with E-state index in [1.807, 2.05) is 0 Å². The van der Waals surface area contributed by atoms with Crippen LogP contribution in [0.2, 0.25) is 0 Å². The average molecular weight is 276 g/mol. The molecule has 1 atom stereocenters. The Morgan fingerprint density at radius 3 is 1.95 bits per heavy atom. The van der Waals surface area contributed by atoms with Gasteiger partial charge in [-0.2, -0.15) is 0 Å². The fraction of sp³-hybridized carbons (Fsp3) is 0.750. The molecule has 0 bridgehead atoms. The second-order valence-electron chi connectivity index (χ2n) is 3.85. The Labute approximate surface area is 111 Å². The number of hydrogen-bond acceptors (Lipinski definition) is 6. The standard InChI is InChI=1S/C12H20O7/c1-9(13)11(12(15)16)3-4-17-5-6-18-7-8-19-10(2)14/h11H,3-8H2,1-2H3,(H,15,16). The van der Waals surface area contributed by atoms with E-state index in [0.717, 1.165) is 0 Å². The smallest absolute Gasteiger partial charge is 0.314 e. The number of carboxylic acid groups (broad SMARTS) is 1. The van der Waals surface area contributed by atoms with Crippen molar-refractivity contribution < 1.29 is 33.7 Å². The van der Waals surface area contributed by atoms with Crippen molar-refractivity contribution in [2.24, 2.45) is 5.92 Å². The highest BCUT2D eigenvalue weighted by Crippen LogP contribution is 2.05. The summed E-state index contributed by atoms with van der Waals surface area (Å²) in [4.78, 5) is 32.1. The van der Waals surface area contributed by atoms with E-state index in [1.165, 1.54) is 13.8 Å². The van der Waals surface area contributed by atoms with Gasteiger partial charge in [0.15, 0.2) is 0 Å². The second-order valence-corrected chi connectivity index (χ2v) is 3.85. The van der Waals surface area contributed by atoms with Gasteiger partial charge in [-0.25, -0.2) is 0 Å². The fourth-order valence-corrected chi connectivity index (χ4v) is 1.27. The number of hydrogen-bond donors (Lipinski definition) is 1. The molecule has 0 aliphatic rings. The number of esters is 1. The SMILES string of the molecule is CC(=O)OCCOCCOCCC(C(C)=O)C(=O)O. The number of carbonyl (C=O) groups excluding carboxylic acids is 2. The van der Waals surface area contributed by atoms with Gasteiger partial charge in [0, 0.05) is 13.5 Å². The van der Waals surface area contributed by atoms with E-state index in [4.69, 9.17) is 14.6 Å². The van der Waals surface area contributed by atoms with E-state index < -0.39 is 11.9 Å². The van der Waals surface area contributed by atoms with Crippen LogP contribution < -0.4 is 0 Å². The molecule has 1 N–H and O–H groups in total. The summed E-state index contributed by atoms with van der Waals surface area (Å²) in [5, 5.41) is 8.75. The molecule has 0 aliphatic carbocycles. The van der Waals surface area contributed by atoms with Crippen LogP contribution in [0, 0.1) is 5.92 Å². The van der Waals surface area contributed by atoms with Crippen molar-refractivity contribution in [3.8, 4) is 0 Å². The predicted octanol–water partition coefficient (Wildman–Crippen LogP) is 0.263. The van der Waals surface area contributed by atoms with Gasteiger partial charge in [-0.15, -0.1) is 0 Å². The third kappa shape index (κ3) is 10.2.